The number of hydrogen-bond donors (Lipinski definition) is 2. The van der Waals surface area contributed by atoms with Gasteiger partial charge in [0.25, 0.3) is 5.91 Å². The molecular weight excluding hydrogens is 706 g/mol. The van der Waals surface area contributed by atoms with Crippen LogP contribution < -0.4 is 25.9 Å². The van der Waals surface area contributed by atoms with Crippen LogP contribution in [0.25, 0.3) is 38.9 Å². The lowest BCUT2D eigenvalue weighted by atomic mass is 9.81. The number of likely N-dealkylation sites (N-methyl/N-ethyl adjacent to an activating group) is 1. The van der Waals surface area contributed by atoms with Crippen molar-refractivity contribution in [3.05, 3.63) is 64.6 Å². The summed E-state index contributed by atoms with van der Waals surface area (Å²) in [4.78, 5) is 36.8. The van der Waals surface area contributed by atoms with E-state index in [2.05, 4.69) is 45.6 Å². The van der Waals surface area contributed by atoms with E-state index < -0.39 is 11.6 Å². The van der Waals surface area contributed by atoms with Crippen LogP contribution in [0.2, 0.25) is 0 Å². The number of carbonyl (C=O) groups is 1. The van der Waals surface area contributed by atoms with Crippen molar-refractivity contribution in [2.75, 3.05) is 45.2 Å². The average Bonchev–Trinajstić information content (AvgIpc) is 3.43. The summed E-state index contributed by atoms with van der Waals surface area (Å²) in [6, 6.07) is 10.9. The van der Waals surface area contributed by atoms with Crippen molar-refractivity contribution in [2.24, 2.45) is 27.1 Å². The maximum absolute atomic E-state index is 15.3. The number of rotatable bonds is 14. The zero-order chi connectivity index (χ0) is 40.1. The number of anilines is 1. The van der Waals surface area contributed by atoms with Gasteiger partial charge >= 0.3 is 6.01 Å². The van der Waals surface area contributed by atoms with Crippen molar-refractivity contribution in [2.45, 2.75) is 92.0 Å². The van der Waals surface area contributed by atoms with Gasteiger partial charge in [-0.15, -0.1) is 0 Å². The van der Waals surface area contributed by atoms with Gasteiger partial charge in [0.05, 0.1) is 46.9 Å². The molecule has 1 aromatic heterocycles. The van der Waals surface area contributed by atoms with Gasteiger partial charge in [-0.2, -0.15) is 9.97 Å². The summed E-state index contributed by atoms with van der Waals surface area (Å²) in [5.74, 6) is -0.569. The molecule has 0 saturated carbocycles. The molecule has 1 amide bonds. The van der Waals surface area contributed by atoms with Gasteiger partial charge in [-0.05, 0) is 61.3 Å². The number of carbonyl (C=O) groups excluding carboxylic acids is 1. The number of fused-ring (bicyclic) bond motifs is 4. The highest BCUT2D eigenvalue weighted by Crippen LogP contribution is 2.37. The number of amides is 1. The Hall–Kier alpha value is -5.06. The number of phenolic OH excluding ortho intramolecular Hbond substituents is 1. The molecule has 10 nitrogen and oxygen atoms in total. The predicted octanol–water partition coefficient (Wildman–Crippen LogP) is 7.47. The Morgan fingerprint density at radius 2 is 1.80 bits per heavy atom. The van der Waals surface area contributed by atoms with Crippen LogP contribution in [0.4, 0.5) is 10.2 Å². The fourth-order valence-electron chi connectivity index (χ4n) is 7.84. The molecule has 3 heterocycles. The van der Waals surface area contributed by atoms with Gasteiger partial charge < -0.3 is 25.4 Å². The van der Waals surface area contributed by atoms with Gasteiger partial charge in [-0.3, -0.25) is 14.8 Å². The summed E-state index contributed by atoms with van der Waals surface area (Å²) in [7, 11) is 3.35. The molecule has 0 fully saturated rings. The molecule has 0 spiro atoms. The molecule has 2 aliphatic heterocycles. The van der Waals surface area contributed by atoms with Crippen molar-refractivity contribution in [3.63, 3.8) is 0 Å². The molecule has 3 atom stereocenters. The molecule has 56 heavy (non-hydrogen) atoms. The van der Waals surface area contributed by atoms with E-state index in [4.69, 9.17) is 30.4 Å². The Labute approximate surface area is 330 Å². The van der Waals surface area contributed by atoms with Gasteiger partial charge in [-0.25, -0.2) is 4.39 Å². The first-order valence-electron chi connectivity index (χ1n) is 20.3. The standard InChI is InChI=1S/C45H58FN7O3/c1-8-10-14-19-45(5,18-11-9-2)27-56-44-50-37-24-34(33-25-38(54)40(46)32-17-13-12-16-31(32)33)41-35(22-28(3)29(4)49-41)39(37)42(51-44)53-21-15-20-48-30(26-53)23-36(47)43(55)52(6)7/h12-13,16-17,22-25,28-29,54H,8-11,14-15,18-21,26-27,47H2,1-7H3/b36-23-. The fraction of sp³-hybridized carbons (Fsp3) is 0.489. The summed E-state index contributed by atoms with van der Waals surface area (Å²) in [6.07, 6.45) is 12.4. The minimum absolute atomic E-state index is 0.0289. The fourth-order valence-corrected chi connectivity index (χ4v) is 7.84. The first kappa shape index (κ1) is 40.6. The summed E-state index contributed by atoms with van der Waals surface area (Å²) >= 11 is 0. The maximum atomic E-state index is 15.3. The van der Waals surface area contributed by atoms with Gasteiger partial charge in [0, 0.05) is 48.8 Å². The van der Waals surface area contributed by atoms with E-state index in [1.165, 1.54) is 17.4 Å². The zero-order valence-corrected chi connectivity index (χ0v) is 34.2. The Morgan fingerprint density at radius 1 is 1.07 bits per heavy atom. The first-order valence-corrected chi connectivity index (χ1v) is 20.3. The maximum Gasteiger partial charge on any atom is 0.318 e. The number of aromatic nitrogens is 2. The monoisotopic (exact) mass is 763 g/mol. The van der Waals surface area contributed by atoms with E-state index in [9.17, 15) is 9.90 Å². The van der Waals surface area contributed by atoms with Crippen LogP contribution in [-0.4, -0.2) is 78.0 Å². The Morgan fingerprint density at radius 3 is 2.54 bits per heavy atom. The number of phenols is 1. The van der Waals surface area contributed by atoms with Crippen molar-refractivity contribution < 1.29 is 19.0 Å². The molecule has 3 aromatic carbocycles. The first-order chi connectivity index (χ1) is 26.8. The third-order valence-electron chi connectivity index (χ3n) is 11.3. The minimum atomic E-state index is -0.657. The molecule has 0 aliphatic carbocycles. The number of aliphatic imine (C=N–C) groups is 1. The number of ether oxygens (including phenoxy) is 1. The van der Waals surface area contributed by atoms with E-state index in [1.807, 2.05) is 18.2 Å². The second-order valence-electron chi connectivity index (χ2n) is 16.2. The second-order valence-corrected chi connectivity index (χ2v) is 16.2. The number of halogens is 1. The van der Waals surface area contributed by atoms with Gasteiger partial charge in [0.15, 0.2) is 11.6 Å². The van der Waals surface area contributed by atoms with Crippen LogP contribution in [0, 0.1) is 17.2 Å². The predicted molar refractivity (Wildman–Crippen MR) is 225 cm³/mol. The quantitative estimate of drug-likeness (QED) is 0.101. The number of benzene rings is 3. The van der Waals surface area contributed by atoms with Gasteiger partial charge in [0.1, 0.15) is 5.82 Å². The van der Waals surface area contributed by atoms with Crippen LogP contribution in [0.15, 0.2) is 58.2 Å². The smallest absolute Gasteiger partial charge is 0.318 e. The topological polar surface area (TPSA) is 130 Å². The lowest BCUT2D eigenvalue weighted by Gasteiger charge is -2.30. The number of unbranched alkanes of at least 4 members (excludes halogenated alkanes) is 3. The highest BCUT2D eigenvalue weighted by atomic mass is 19.1. The third kappa shape index (κ3) is 8.66. The summed E-state index contributed by atoms with van der Waals surface area (Å²) in [6.45, 7) is 13.1. The molecule has 3 N–H and O–H groups in total. The summed E-state index contributed by atoms with van der Waals surface area (Å²) in [5, 5.41) is 14.3. The zero-order valence-electron chi connectivity index (χ0n) is 34.2. The summed E-state index contributed by atoms with van der Waals surface area (Å²) < 4.78 is 22.0. The molecule has 3 unspecified atom stereocenters. The van der Waals surface area contributed by atoms with Crippen molar-refractivity contribution in [1.29, 1.82) is 0 Å². The molecule has 0 radical (unpaired) electrons. The number of nitrogens with zero attached hydrogens (tertiary/aromatic N) is 6. The molecule has 6 rings (SSSR count). The molecule has 298 valence electrons. The molecule has 4 aromatic rings. The van der Waals surface area contributed by atoms with Crippen LogP contribution >= 0.6 is 0 Å². The lowest BCUT2D eigenvalue weighted by Crippen LogP contribution is -2.38. The molecular formula is C45H58FN7O3. The largest absolute Gasteiger partial charge is 0.505 e. The molecule has 0 bridgehead atoms. The number of aromatic hydroxyl groups is 1. The highest BCUT2D eigenvalue weighted by molar-refractivity contribution is 6.06. The molecule has 2 aliphatic rings. The van der Waals surface area contributed by atoms with Crippen LogP contribution in [0.5, 0.6) is 11.8 Å². The second kappa shape index (κ2) is 17.4. The van der Waals surface area contributed by atoms with Gasteiger partial charge in [0.2, 0.25) is 0 Å². The van der Waals surface area contributed by atoms with E-state index in [1.54, 1.807) is 32.3 Å². The third-order valence-corrected chi connectivity index (χ3v) is 11.3. The van der Waals surface area contributed by atoms with E-state index in [-0.39, 0.29) is 35.0 Å². The lowest BCUT2D eigenvalue weighted by molar-refractivity contribution is -0.124. The van der Waals surface area contributed by atoms with Crippen molar-refractivity contribution >= 4 is 45.2 Å². The average molecular weight is 764 g/mol. The van der Waals surface area contributed by atoms with E-state index in [0.29, 0.717) is 59.6 Å². The van der Waals surface area contributed by atoms with Crippen LogP contribution in [0.3, 0.4) is 0 Å². The summed E-state index contributed by atoms with van der Waals surface area (Å²) in [5.41, 5.74) is 9.09. The molecule has 11 heteroatoms. The molecule has 0 saturated heterocycles. The van der Waals surface area contributed by atoms with E-state index in [0.717, 1.165) is 66.5 Å². The number of hydrogen-bond acceptors (Lipinski definition) is 9. The Bertz CT molecular complexity index is 2290. The Kier molecular flexibility index (Phi) is 12.6. The van der Waals surface area contributed by atoms with Gasteiger partial charge in [-0.1, -0.05) is 90.1 Å². The van der Waals surface area contributed by atoms with E-state index >= 15 is 4.39 Å². The number of nitrogens with two attached hydrogens (primary N) is 1. The van der Waals surface area contributed by atoms with Crippen molar-refractivity contribution in [1.82, 2.24) is 14.9 Å². The highest BCUT2D eigenvalue weighted by Gasteiger charge is 2.28. The van der Waals surface area contributed by atoms with Crippen LogP contribution in [-0.2, 0) is 4.79 Å². The van der Waals surface area contributed by atoms with Crippen molar-refractivity contribution in [3.8, 4) is 22.9 Å². The Balaban J connectivity index is 1.59. The SMILES string of the molecule is CCCCCC(C)(CCCC)COc1nc(N2CCCN=C(/C=C(\N)C(=O)N(C)C)C2)c2c3c(c(-c4cc(O)c(F)c5ccccc45)cc2n1)=NC(C)C(C)C=3. The normalized spacial score (nSPS) is 18.4. The van der Waals surface area contributed by atoms with Crippen LogP contribution in [0.1, 0.15) is 86.0 Å². The minimum Gasteiger partial charge on any atom is -0.505 e.